The molecule has 1 heterocycles. The van der Waals surface area contributed by atoms with Crippen molar-refractivity contribution in [3.63, 3.8) is 0 Å². The summed E-state index contributed by atoms with van der Waals surface area (Å²) < 4.78 is 11.6. The number of amides is 1. The first kappa shape index (κ1) is 23.4. The topological polar surface area (TPSA) is 88.4 Å². The maximum Gasteiger partial charge on any atom is 0.335 e. The third-order valence-electron chi connectivity index (χ3n) is 5.22. The predicted molar refractivity (Wildman–Crippen MR) is 135 cm³/mol. The van der Waals surface area contributed by atoms with Crippen LogP contribution in [0.3, 0.4) is 0 Å². The highest BCUT2D eigenvalue weighted by Crippen LogP contribution is 2.38. The Kier molecular flexibility index (Phi) is 6.88. The van der Waals surface area contributed by atoms with Gasteiger partial charge < -0.3 is 14.6 Å². The van der Waals surface area contributed by atoms with Crippen molar-refractivity contribution in [2.24, 2.45) is 4.99 Å². The van der Waals surface area contributed by atoms with Gasteiger partial charge in [-0.2, -0.15) is 0 Å². The second-order valence-electron chi connectivity index (χ2n) is 7.45. The van der Waals surface area contributed by atoms with Crippen LogP contribution in [0, 0.1) is 0 Å². The molecule has 1 fully saturated rings. The van der Waals surface area contributed by atoms with Gasteiger partial charge in [0.2, 0.25) is 0 Å². The average Bonchev–Trinajstić information content (AvgIpc) is 3.09. The summed E-state index contributed by atoms with van der Waals surface area (Å²) >= 11 is 1.26. The number of carboxylic acid groups (broad SMARTS) is 1. The fraction of sp³-hybridized carbons (Fsp3) is 0.192. The predicted octanol–water partition coefficient (Wildman–Crippen LogP) is 5.57. The summed E-state index contributed by atoms with van der Waals surface area (Å²) in [4.78, 5) is 30.7. The number of thioether (sulfide) groups is 1. The summed E-state index contributed by atoms with van der Waals surface area (Å²) in [7, 11) is 1.67. The van der Waals surface area contributed by atoms with Crippen LogP contribution in [-0.4, -0.2) is 47.3 Å². The molecule has 3 aromatic rings. The number of amidine groups is 1. The molecule has 1 aliphatic heterocycles. The third kappa shape index (κ3) is 4.77. The number of rotatable bonds is 7. The molecule has 7 nitrogen and oxygen atoms in total. The average molecular weight is 477 g/mol. The fourth-order valence-electron chi connectivity index (χ4n) is 3.56. The van der Waals surface area contributed by atoms with Gasteiger partial charge in [0.25, 0.3) is 5.91 Å². The highest BCUT2D eigenvalue weighted by atomic mass is 32.2. The van der Waals surface area contributed by atoms with Gasteiger partial charge in [-0.1, -0.05) is 12.1 Å². The molecule has 1 N–H and O–H groups in total. The maximum absolute atomic E-state index is 13.0. The van der Waals surface area contributed by atoms with Gasteiger partial charge in [-0.3, -0.25) is 9.69 Å². The SMILES string of the molecule is CCOc1ccc2ccc(OCC)c(/C=C3\SC(=Nc4ccc(C(=O)O)cc4)N(C)C3=O)c2c1. The fourth-order valence-corrected chi connectivity index (χ4v) is 4.53. The molecule has 0 aromatic heterocycles. The van der Waals surface area contributed by atoms with E-state index < -0.39 is 5.97 Å². The molecule has 0 bridgehead atoms. The van der Waals surface area contributed by atoms with Crippen molar-refractivity contribution in [3.05, 3.63) is 70.6 Å². The van der Waals surface area contributed by atoms with E-state index >= 15 is 0 Å². The Bertz CT molecular complexity index is 1310. The van der Waals surface area contributed by atoms with Crippen molar-refractivity contribution in [2.45, 2.75) is 13.8 Å². The zero-order valence-corrected chi connectivity index (χ0v) is 19.9. The number of hydrogen-bond donors (Lipinski definition) is 1. The van der Waals surface area contributed by atoms with E-state index in [1.807, 2.05) is 50.3 Å². The quantitative estimate of drug-likeness (QED) is 0.449. The van der Waals surface area contributed by atoms with Crippen molar-refractivity contribution < 1.29 is 24.2 Å². The first-order valence-electron chi connectivity index (χ1n) is 10.8. The number of nitrogens with zero attached hydrogens (tertiary/aromatic N) is 2. The minimum absolute atomic E-state index is 0.175. The Labute approximate surface area is 201 Å². The number of benzene rings is 3. The van der Waals surface area contributed by atoms with Gasteiger partial charge in [-0.05, 0) is 84.9 Å². The highest BCUT2D eigenvalue weighted by molar-refractivity contribution is 8.18. The summed E-state index contributed by atoms with van der Waals surface area (Å²) in [6, 6.07) is 16.0. The van der Waals surface area contributed by atoms with E-state index in [1.54, 1.807) is 19.2 Å². The van der Waals surface area contributed by atoms with Crippen molar-refractivity contribution in [1.82, 2.24) is 4.90 Å². The lowest BCUT2D eigenvalue weighted by Crippen LogP contribution is -2.23. The lowest BCUT2D eigenvalue weighted by atomic mass is 10.0. The zero-order chi connectivity index (χ0) is 24.2. The number of carbonyl (C=O) groups excluding carboxylic acids is 1. The molecular weight excluding hydrogens is 452 g/mol. The van der Waals surface area contributed by atoms with Crippen LogP contribution in [0.25, 0.3) is 16.8 Å². The van der Waals surface area contributed by atoms with E-state index in [4.69, 9.17) is 14.6 Å². The Morgan fingerprint density at radius 3 is 2.44 bits per heavy atom. The summed E-state index contributed by atoms with van der Waals surface area (Å²) in [6.45, 7) is 4.90. The molecule has 0 aliphatic carbocycles. The van der Waals surface area contributed by atoms with Crippen molar-refractivity contribution in [3.8, 4) is 11.5 Å². The number of aliphatic imine (C=N–C) groups is 1. The van der Waals surface area contributed by atoms with E-state index in [9.17, 15) is 9.59 Å². The van der Waals surface area contributed by atoms with Gasteiger partial charge in [-0.25, -0.2) is 9.79 Å². The van der Waals surface area contributed by atoms with Crippen LogP contribution >= 0.6 is 11.8 Å². The number of aromatic carboxylic acids is 1. The maximum atomic E-state index is 13.0. The summed E-state index contributed by atoms with van der Waals surface area (Å²) in [5.41, 5.74) is 1.55. The third-order valence-corrected chi connectivity index (χ3v) is 6.28. The lowest BCUT2D eigenvalue weighted by molar-refractivity contribution is -0.121. The van der Waals surface area contributed by atoms with Gasteiger partial charge in [0.1, 0.15) is 11.5 Å². The Hall–Kier alpha value is -3.78. The molecule has 1 saturated heterocycles. The first-order valence-corrected chi connectivity index (χ1v) is 11.6. The number of likely N-dealkylation sites (N-methyl/N-ethyl adjacent to an activating group) is 1. The molecule has 0 saturated carbocycles. The molecule has 0 unspecified atom stereocenters. The molecule has 34 heavy (non-hydrogen) atoms. The monoisotopic (exact) mass is 476 g/mol. The summed E-state index contributed by atoms with van der Waals surface area (Å²) in [5.74, 6) is 0.255. The lowest BCUT2D eigenvalue weighted by Gasteiger charge is -2.12. The van der Waals surface area contributed by atoms with Gasteiger partial charge in [0.15, 0.2) is 5.17 Å². The minimum Gasteiger partial charge on any atom is -0.494 e. The van der Waals surface area contributed by atoms with E-state index in [2.05, 4.69) is 4.99 Å². The normalized spacial score (nSPS) is 16.0. The molecular formula is C26H24N2O5S. The van der Waals surface area contributed by atoms with E-state index in [0.717, 1.165) is 22.1 Å². The number of hydrogen-bond acceptors (Lipinski definition) is 6. The van der Waals surface area contributed by atoms with Crippen LogP contribution in [0.2, 0.25) is 0 Å². The molecule has 3 aromatic carbocycles. The number of carbonyl (C=O) groups is 2. The number of ether oxygens (including phenoxy) is 2. The van der Waals surface area contributed by atoms with E-state index in [1.165, 1.54) is 28.8 Å². The molecule has 8 heteroatoms. The van der Waals surface area contributed by atoms with Crippen LogP contribution in [-0.2, 0) is 4.79 Å². The van der Waals surface area contributed by atoms with Crippen LogP contribution in [0.5, 0.6) is 11.5 Å². The van der Waals surface area contributed by atoms with Gasteiger partial charge in [0, 0.05) is 12.6 Å². The molecule has 1 amide bonds. The number of carboxylic acids is 1. The van der Waals surface area contributed by atoms with Crippen LogP contribution in [0.1, 0.15) is 29.8 Å². The Morgan fingerprint density at radius 1 is 1.06 bits per heavy atom. The van der Waals surface area contributed by atoms with E-state index in [0.29, 0.717) is 34.7 Å². The van der Waals surface area contributed by atoms with Crippen molar-refractivity contribution >= 4 is 51.3 Å². The van der Waals surface area contributed by atoms with Crippen LogP contribution < -0.4 is 9.47 Å². The van der Waals surface area contributed by atoms with Crippen LogP contribution in [0.4, 0.5) is 5.69 Å². The standard InChI is InChI=1S/C26H24N2O5S/c1-4-32-19-12-8-16-9-13-22(33-5-2)21(20(16)14-19)15-23-24(29)28(3)26(34-23)27-18-10-6-17(7-11-18)25(30)31/h6-15H,4-5H2,1-3H3,(H,30,31)/b23-15-,27-26?. The zero-order valence-electron chi connectivity index (χ0n) is 19.1. The summed E-state index contributed by atoms with van der Waals surface area (Å²) in [6.07, 6.45) is 1.84. The highest BCUT2D eigenvalue weighted by Gasteiger charge is 2.31. The first-order chi connectivity index (χ1) is 16.4. The Balaban J connectivity index is 1.75. The molecule has 0 spiro atoms. The van der Waals surface area contributed by atoms with Crippen molar-refractivity contribution in [1.29, 1.82) is 0 Å². The van der Waals surface area contributed by atoms with Crippen molar-refractivity contribution in [2.75, 3.05) is 20.3 Å². The summed E-state index contributed by atoms with van der Waals surface area (Å²) in [5, 5.41) is 11.5. The molecule has 0 radical (unpaired) electrons. The molecule has 174 valence electrons. The minimum atomic E-state index is -1.00. The van der Waals surface area contributed by atoms with Gasteiger partial charge in [0.05, 0.1) is 29.4 Å². The molecule has 0 atom stereocenters. The van der Waals surface area contributed by atoms with Gasteiger partial charge in [-0.15, -0.1) is 0 Å². The second-order valence-corrected chi connectivity index (χ2v) is 8.46. The second kappa shape index (κ2) is 10.0. The Morgan fingerprint density at radius 2 is 1.76 bits per heavy atom. The van der Waals surface area contributed by atoms with Gasteiger partial charge >= 0.3 is 5.97 Å². The number of fused-ring (bicyclic) bond motifs is 1. The molecule has 1 aliphatic rings. The molecule has 4 rings (SSSR count). The largest absolute Gasteiger partial charge is 0.494 e. The van der Waals surface area contributed by atoms with E-state index in [-0.39, 0.29) is 11.5 Å². The van der Waals surface area contributed by atoms with Crippen LogP contribution in [0.15, 0.2) is 64.5 Å². The smallest absolute Gasteiger partial charge is 0.335 e.